The SMILES string of the molecule is CC[C@H](C)[C@@H]1NC(=O)[C@H](C)N(C)C(=O)C[C@@H](C(=O)N2CCCC2)NC(=O)[C@H](CC(C)C)N(C)C(=O)[C@H](Cc2ccccc2)N(C)C(=O)[C@H](CC(C)C)NC(=O)[C@H](Cc2ccccc2)NC(=O)CN(C)C(=O)[C@H](Cc2ccc(Cl)cc2)N(C)C(=O)CN(C)C(=O)CN(C)C1=O. The molecule has 12 amide bonds. The molecule has 0 bridgehead atoms. The normalized spacial score (nSPS) is 24.0. The van der Waals surface area contributed by atoms with E-state index in [2.05, 4.69) is 21.3 Å². The lowest BCUT2D eigenvalue weighted by molar-refractivity contribution is -0.150. The molecular weight excluding hydrogens is 1220 g/mol. The van der Waals surface area contributed by atoms with Crippen LogP contribution >= 0.6 is 11.6 Å². The molecule has 0 aliphatic carbocycles. The highest BCUT2D eigenvalue weighted by molar-refractivity contribution is 6.30. The summed E-state index contributed by atoms with van der Waals surface area (Å²) < 4.78 is 0. The molecule has 2 fully saturated rings. The van der Waals surface area contributed by atoms with Crippen molar-refractivity contribution in [2.75, 3.05) is 82.1 Å². The molecule has 0 radical (unpaired) electrons. The van der Waals surface area contributed by atoms with E-state index in [9.17, 15) is 43.2 Å². The smallest absolute Gasteiger partial charge is 0.246 e. The zero-order valence-corrected chi connectivity index (χ0v) is 57.9. The Morgan fingerprint density at radius 1 is 0.489 bits per heavy atom. The topological polar surface area (TPSA) is 279 Å². The van der Waals surface area contributed by atoms with Gasteiger partial charge in [-0.15, -0.1) is 0 Å². The highest BCUT2D eigenvalue weighted by Crippen LogP contribution is 2.22. The van der Waals surface area contributed by atoms with Gasteiger partial charge in [0, 0.05) is 86.7 Å². The molecule has 0 saturated carbocycles. The van der Waals surface area contributed by atoms with Crippen LogP contribution in [0.5, 0.6) is 0 Å². The molecule has 0 spiro atoms. The van der Waals surface area contributed by atoms with Crippen molar-refractivity contribution < 1.29 is 57.5 Å². The van der Waals surface area contributed by atoms with Crippen molar-refractivity contribution in [3.63, 3.8) is 0 Å². The van der Waals surface area contributed by atoms with Crippen LogP contribution in [0.1, 0.15) is 104 Å². The number of hydrogen-bond donors (Lipinski definition) is 4. The Hall–Kier alpha value is -8.41. The van der Waals surface area contributed by atoms with Crippen LogP contribution in [0, 0.1) is 17.8 Å². The number of nitrogens with zero attached hydrogens (tertiary/aromatic N) is 8. The largest absolute Gasteiger partial charge is 0.342 e. The minimum absolute atomic E-state index is 0.0313. The molecular formula is C69H99ClN12O12. The van der Waals surface area contributed by atoms with Crippen LogP contribution in [0.25, 0.3) is 0 Å². The molecule has 2 aliphatic heterocycles. The molecule has 2 saturated heterocycles. The summed E-state index contributed by atoms with van der Waals surface area (Å²) in [5.41, 5.74) is 1.92. The van der Waals surface area contributed by atoms with Crippen LogP contribution in [-0.2, 0) is 76.8 Å². The third-order valence-electron chi connectivity index (χ3n) is 17.8. The molecule has 94 heavy (non-hydrogen) atoms. The van der Waals surface area contributed by atoms with E-state index in [1.165, 1.54) is 71.0 Å². The van der Waals surface area contributed by atoms with Gasteiger partial charge in [-0.3, -0.25) is 57.5 Å². The number of nitrogens with one attached hydrogen (secondary N) is 4. The molecule has 9 atom stereocenters. The average Bonchev–Trinajstić information content (AvgIpc) is 1.47. The molecule has 25 heteroatoms. The molecule has 4 N–H and O–H groups in total. The number of halogens is 1. The molecule has 0 aromatic heterocycles. The molecule has 5 rings (SSSR count). The lowest BCUT2D eigenvalue weighted by Gasteiger charge is -2.37. The zero-order valence-electron chi connectivity index (χ0n) is 57.2. The fraction of sp³-hybridized carbons (Fsp3) is 0.565. The number of hydrogen-bond acceptors (Lipinski definition) is 12. The van der Waals surface area contributed by atoms with Gasteiger partial charge < -0.3 is 60.5 Å². The van der Waals surface area contributed by atoms with Crippen LogP contribution in [0.4, 0.5) is 0 Å². The molecule has 3 aromatic carbocycles. The Morgan fingerprint density at radius 2 is 1.00 bits per heavy atom. The third-order valence-corrected chi connectivity index (χ3v) is 18.0. The summed E-state index contributed by atoms with van der Waals surface area (Å²) in [5, 5.41) is 11.7. The summed E-state index contributed by atoms with van der Waals surface area (Å²) in [6.07, 6.45) is 1.23. The second kappa shape index (κ2) is 35.7. The van der Waals surface area contributed by atoms with Crippen LogP contribution in [-0.4, -0.2) is 240 Å². The number of likely N-dealkylation sites (tertiary alicyclic amines) is 1. The predicted octanol–water partition coefficient (Wildman–Crippen LogP) is 3.17. The molecule has 0 unspecified atom stereocenters. The van der Waals surface area contributed by atoms with Gasteiger partial charge in [0.25, 0.3) is 0 Å². The average molecular weight is 1320 g/mol. The van der Waals surface area contributed by atoms with Crippen LogP contribution in [0.3, 0.4) is 0 Å². The highest BCUT2D eigenvalue weighted by atomic mass is 35.5. The Kier molecular flexibility index (Phi) is 29.0. The van der Waals surface area contributed by atoms with Crippen molar-refractivity contribution in [3.8, 4) is 0 Å². The highest BCUT2D eigenvalue weighted by Gasteiger charge is 2.42. The van der Waals surface area contributed by atoms with Crippen molar-refractivity contribution in [1.29, 1.82) is 0 Å². The maximum atomic E-state index is 15.4. The molecule has 514 valence electrons. The van der Waals surface area contributed by atoms with E-state index < -0.39 is 151 Å². The summed E-state index contributed by atoms with van der Waals surface area (Å²) in [7, 11) is 9.74. The van der Waals surface area contributed by atoms with Gasteiger partial charge in [0.05, 0.1) is 26.1 Å². The quantitative estimate of drug-likeness (QED) is 0.192. The first-order chi connectivity index (χ1) is 44.3. The Balaban J connectivity index is 1.62. The van der Waals surface area contributed by atoms with Gasteiger partial charge >= 0.3 is 0 Å². The first kappa shape index (κ1) is 76.3. The zero-order chi connectivity index (χ0) is 69.8. The Morgan fingerprint density at radius 3 is 1.55 bits per heavy atom. The predicted molar refractivity (Wildman–Crippen MR) is 357 cm³/mol. The summed E-state index contributed by atoms with van der Waals surface area (Å²) in [5.74, 6) is -9.08. The summed E-state index contributed by atoms with van der Waals surface area (Å²) in [6.45, 7) is 11.5. The van der Waals surface area contributed by atoms with Gasteiger partial charge in [0.1, 0.15) is 48.3 Å². The van der Waals surface area contributed by atoms with E-state index in [-0.39, 0.29) is 43.9 Å². The maximum absolute atomic E-state index is 15.4. The summed E-state index contributed by atoms with van der Waals surface area (Å²) in [4.78, 5) is 185. The van der Waals surface area contributed by atoms with E-state index in [1.807, 2.05) is 34.6 Å². The van der Waals surface area contributed by atoms with Gasteiger partial charge in [0.2, 0.25) is 70.9 Å². The van der Waals surface area contributed by atoms with Crippen LogP contribution < -0.4 is 21.3 Å². The van der Waals surface area contributed by atoms with E-state index in [4.69, 9.17) is 11.6 Å². The van der Waals surface area contributed by atoms with Crippen molar-refractivity contribution >= 4 is 82.5 Å². The van der Waals surface area contributed by atoms with Crippen LogP contribution in [0.2, 0.25) is 5.02 Å². The monoisotopic (exact) mass is 1320 g/mol. The van der Waals surface area contributed by atoms with Crippen molar-refractivity contribution in [2.24, 2.45) is 17.8 Å². The van der Waals surface area contributed by atoms with Gasteiger partial charge in [-0.2, -0.15) is 0 Å². The van der Waals surface area contributed by atoms with E-state index in [0.29, 0.717) is 54.1 Å². The molecule has 2 heterocycles. The Bertz CT molecular complexity index is 3130. The first-order valence-electron chi connectivity index (χ1n) is 32.4. The van der Waals surface area contributed by atoms with Crippen molar-refractivity contribution in [2.45, 2.75) is 155 Å². The lowest BCUT2D eigenvalue weighted by Crippen LogP contribution is -2.61. The fourth-order valence-corrected chi connectivity index (χ4v) is 11.6. The fourth-order valence-electron chi connectivity index (χ4n) is 11.5. The first-order valence-corrected chi connectivity index (χ1v) is 32.8. The number of likely N-dealkylation sites (N-methyl/N-ethyl adjacent to an activating group) is 7. The minimum Gasteiger partial charge on any atom is -0.342 e. The summed E-state index contributed by atoms with van der Waals surface area (Å²) in [6, 6.07) is 14.1. The molecule has 24 nitrogen and oxygen atoms in total. The Labute approximate surface area is 559 Å². The van der Waals surface area contributed by atoms with Gasteiger partial charge in [0.15, 0.2) is 0 Å². The van der Waals surface area contributed by atoms with Gasteiger partial charge in [-0.1, -0.05) is 132 Å². The number of carbonyl (C=O) groups is 12. The second-order valence-electron chi connectivity index (χ2n) is 26.1. The van der Waals surface area contributed by atoms with Crippen molar-refractivity contribution in [3.05, 3.63) is 107 Å². The minimum atomic E-state index is -1.45. The van der Waals surface area contributed by atoms with Crippen molar-refractivity contribution in [1.82, 2.24) is 60.5 Å². The lowest BCUT2D eigenvalue weighted by atomic mass is 9.97. The van der Waals surface area contributed by atoms with Gasteiger partial charge in [-0.05, 0) is 79.2 Å². The number of rotatable bonds is 13. The number of benzene rings is 3. The van der Waals surface area contributed by atoms with E-state index >= 15 is 14.4 Å². The second-order valence-corrected chi connectivity index (χ2v) is 26.5. The maximum Gasteiger partial charge on any atom is 0.246 e. The number of carbonyl (C=O) groups excluding carboxylic acids is 12. The van der Waals surface area contributed by atoms with E-state index in [0.717, 1.165) is 19.6 Å². The summed E-state index contributed by atoms with van der Waals surface area (Å²) >= 11 is 6.23. The third kappa shape index (κ3) is 21.6. The number of amides is 12. The van der Waals surface area contributed by atoms with Crippen LogP contribution in [0.15, 0.2) is 84.9 Å². The standard InChI is InChI=1S/C69H99ClN12O12/c1-15-45(6)61-69(94)77(10)41-59(85)75(8)42-60(86)79(12)55(38-49-28-30-50(70)31-29-49)67(92)76(9)40-57(83)71-51(36-47-24-18-16-19-25-47)63(88)72-52(34-43(2)3)65(90)81(14)56(37-48-26-20-17-21-27-48)68(93)80(13)54(35-44(4)5)64(89)73-53(66(91)82-32-22-23-33-82)39-58(84)78(11)46(7)62(87)74-61/h16-21,24-31,43-46,51-56,61H,15,22-23,32-42H2,1-14H3,(H,71,83)(H,72,88)(H,73,89)(H,74,87)/t45-,46-,51-,52-,53-,54-,55-,56-,61-/m0/s1. The molecule has 2 aliphatic rings. The molecule has 3 aromatic rings. The van der Waals surface area contributed by atoms with Gasteiger partial charge in [-0.25, -0.2) is 0 Å². The van der Waals surface area contributed by atoms with E-state index in [1.54, 1.807) is 96.8 Å².